The molecule has 0 radical (unpaired) electrons. The Balaban J connectivity index is 2.50. The molecular weight excluding hydrogens is 348 g/mol. The van der Waals surface area contributed by atoms with Gasteiger partial charge < -0.3 is 34.8 Å². The van der Waals surface area contributed by atoms with Crippen LogP contribution in [0.5, 0.6) is 34.5 Å². The first kappa shape index (κ1) is 17.2. The van der Waals surface area contributed by atoms with Crippen molar-refractivity contribution in [2.75, 3.05) is 0 Å². The van der Waals surface area contributed by atoms with Crippen molar-refractivity contribution in [3.63, 3.8) is 0 Å². The molecule has 0 aliphatic carbocycles. The van der Waals surface area contributed by atoms with E-state index in [4.69, 9.17) is 9.67 Å². The molecule has 0 aliphatic heterocycles. The fraction of sp³-hybridized carbons (Fsp3) is 0.118. The third-order valence-electron chi connectivity index (χ3n) is 3.99. The number of fused-ring (bicyclic) bond motifs is 1. The second-order valence-electron chi connectivity index (χ2n) is 5.47. The number of phenolic OH excluding ortho intramolecular Hbond substituents is 5. The van der Waals surface area contributed by atoms with Gasteiger partial charge in [0.1, 0.15) is 11.1 Å². The van der Waals surface area contributed by atoms with Gasteiger partial charge in [-0.3, -0.25) is 4.79 Å². The lowest BCUT2D eigenvalue weighted by Gasteiger charge is -2.13. The van der Waals surface area contributed by atoms with Gasteiger partial charge in [-0.1, -0.05) is 6.92 Å². The molecule has 26 heavy (non-hydrogen) atoms. The first-order chi connectivity index (χ1) is 12.3. The van der Waals surface area contributed by atoms with Gasteiger partial charge in [0.05, 0.1) is 0 Å². The van der Waals surface area contributed by atoms with Crippen LogP contribution < -0.4 is 10.3 Å². The molecule has 2 aromatic carbocycles. The molecule has 9 heteroatoms. The average Bonchev–Trinajstić information content (AvgIpc) is 2.63. The van der Waals surface area contributed by atoms with E-state index in [0.717, 1.165) is 6.07 Å². The van der Waals surface area contributed by atoms with Gasteiger partial charge in [0.15, 0.2) is 17.1 Å². The predicted octanol–water partition coefficient (Wildman–Crippen LogP) is 2.40. The fourth-order valence-electron chi connectivity index (χ4n) is 2.70. The highest BCUT2D eigenvalue weighted by molar-refractivity contribution is 5.95. The van der Waals surface area contributed by atoms with Gasteiger partial charge in [-0.2, -0.15) is 0 Å². The van der Waals surface area contributed by atoms with E-state index in [2.05, 4.69) is 4.89 Å². The molecule has 1 heterocycles. The van der Waals surface area contributed by atoms with Gasteiger partial charge in [-0.05, 0) is 24.6 Å². The highest BCUT2D eigenvalue weighted by Crippen LogP contribution is 2.49. The van der Waals surface area contributed by atoms with Crippen molar-refractivity contribution in [3.8, 4) is 45.8 Å². The summed E-state index contributed by atoms with van der Waals surface area (Å²) >= 11 is 0. The summed E-state index contributed by atoms with van der Waals surface area (Å²) in [7, 11) is 0. The van der Waals surface area contributed by atoms with Crippen molar-refractivity contribution in [1.29, 1.82) is 0 Å². The first-order valence-corrected chi connectivity index (χ1v) is 7.42. The van der Waals surface area contributed by atoms with Gasteiger partial charge >= 0.3 is 0 Å². The van der Waals surface area contributed by atoms with Crippen LogP contribution >= 0.6 is 0 Å². The zero-order valence-corrected chi connectivity index (χ0v) is 13.3. The highest BCUT2D eigenvalue weighted by atomic mass is 17.1. The van der Waals surface area contributed by atoms with Crippen LogP contribution in [-0.2, 0) is 6.42 Å². The van der Waals surface area contributed by atoms with E-state index in [1.165, 1.54) is 12.1 Å². The van der Waals surface area contributed by atoms with E-state index in [0.29, 0.717) is 0 Å². The lowest BCUT2D eigenvalue weighted by atomic mass is 10.0. The summed E-state index contributed by atoms with van der Waals surface area (Å²) in [5.41, 5.74) is -0.958. The summed E-state index contributed by atoms with van der Waals surface area (Å²) in [6.07, 6.45) is 0.155. The number of hydrogen-bond donors (Lipinski definition) is 6. The zero-order chi connectivity index (χ0) is 19.2. The van der Waals surface area contributed by atoms with Crippen molar-refractivity contribution in [1.82, 2.24) is 0 Å². The Morgan fingerprint density at radius 1 is 1.00 bits per heavy atom. The number of benzene rings is 2. The highest BCUT2D eigenvalue weighted by Gasteiger charge is 2.27. The van der Waals surface area contributed by atoms with E-state index in [-0.39, 0.29) is 29.1 Å². The minimum atomic E-state index is -1.05. The van der Waals surface area contributed by atoms with Gasteiger partial charge in [-0.15, -0.1) is 0 Å². The Labute approximate surface area is 145 Å². The number of hydrogen-bond acceptors (Lipinski definition) is 9. The third kappa shape index (κ3) is 2.33. The minimum Gasteiger partial charge on any atom is -0.504 e. The lowest BCUT2D eigenvalue weighted by molar-refractivity contribution is -0.137. The van der Waals surface area contributed by atoms with Crippen molar-refractivity contribution < 1.29 is 40.1 Å². The van der Waals surface area contributed by atoms with Crippen molar-refractivity contribution in [3.05, 3.63) is 34.0 Å². The standard InChI is InChI=1S/C17H14O9/c1-2-7-11(20)10-16(13(22)12(21)14(23)17(10)26-24)25-15(7)6-3-4-8(18)9(19)5-6/h3-5,18-19,21-24H,2H2,1H3. The zero-order valence-electron chi connectivity index (χ0n) is 13.3. The molecule has 0 unspecified atom stereocenters. The van der Waals surface area contributed by atoms with E-state index in [9.17, 15) is 30.3 Å². The van der Waals surface area contributed by atoms with E-state index in [1.54, 1.807) is 6.92 Å². The number of aromatic hydroxyl groups is 5. The molecule has 136 valence electrons. The molecule has 0 saturated heterocycles. The second kappa shape index (κ2) is 6.05. The van der Waals surface area contributed by atoms with Crippen LogP contribution in [0.15, 0.2) is 27.4 Å². The van der Waals surface area contributed by atoms with Crippen molar-refractivity contribution >= 4 is 11.0 Å². The number of rotatable bonds is 3. The van der Waals surface area contributed by atoms with Crippen LogP contribution in [0.3, 0.4) is 0 Å². The van der Waals surface area contributed by atoms with Gasteiger partial charge in [0.25, 0.3) is 0 Å². The summed E-state index contributed by atoms with van der Waals surface area (Å²) in [5.74, 6) is -4.64. The Morgan fingerprint density at radius 3 is 2.27 bits per heavy atom. The summed E-state index contributed by atoms with van der Waals surface area (Å²) in [6.45, 7) is 1.64. The molecule has 0 bridgehead atoms. The molecular formula is C17H14O9. The summed E-state index contributed by atoms with van der Waals surface area (Å²) < 4.78 is 5.55. The molecule has 9 nitrogen and oxygen atoms in total. The van der Waals surface area contributed by atoms with Crippen LogP contribution in [0.4, 0.5) is 0 Å². The maximum Gasteiger partial charge on any atom is 0.225 e. The average molecular weight is 362 g/mol. The molecule has 0 spiro atoms. The lowest BCUT2D eigenvalue weighted by Crippen LogP contribution is -2.11. The minimum absolute atomic E-state index is 0.0374. The largest absolute Gasteiger partial charge is 0.504 e. The van der Waals surface area contributed by atoms with E-state index < -0.39 is 45.1 Å². The van der Waals surface area contributed by atoms with E-state index >= 15 is 0 Å². The second-order valence-corrected chi connectivity index (χ2v) is 5.47. The molecule has 0 atom stereocenters. The van der Waals surface area contributed by atoms with Crippen LogP contribution in [0, 0.1) is 0 Å². The Morgan fingerprint density at radius 2 is 1.69 bits per heavy atom. The smallest absolute Gasteiger partial charge is 0.225 e. The van der Waals surface area contributed by atoms with Crippen molar-refractivity contribution in [2.45, 2.75) is 13.3 Å². The van der Waals surface area contributed by atoms with Gasteiger partial charge in [-0.25, -0.2) is 5.26 Å². The van der Waals surface area contributed by atoms with Crippen LogP contribution in [-0.4, -0.2) is 30.8 Å². The fourth-order valence-corrected chi connectivity index (χ4v) is 2.70. The van der Waals surface area contributed by atoms with E-state index in [1.807, 2.05) is 0 Å². The summed E-state index contributed by atoms with van der Waals surface area (Å²) in [4.78, 5) is 16.8. The predicted molar refractivity (Wildman–Crippen MR) is 88.9 cm³/mol. The molecule has 0 fully saturated rings. The molecule has 0 saturated carbocycles. The third-order valence-corrected chi connectivity index (χ3v) is 3.99. The normalized spacial score (nSPS) is 11.0. The molecule has 3 rings (SSSR count). The molecule has 6 N–H and O–H groups in total. The molecule has 1 aromatic heterocycles. The summed E-state index contributed by atoms with van der Waals surface area (Å²) in [5, 5.41) is 57.2. The quantitative estimate of drug-likeness (QED) is 0.233. The summed E-state index contributed by atoms with van der Waals surface area (Å²) in [6, 6.07) is 3.71. The Kier molecular flexibility index (Phi) is 4.01. The SMILES string of the molecule is CCc1c(-c2ccc(O)c(O)c2)oc2c(O)c(O)c(O)c(OO)c2c1=O. The molecule has 0 amide bonds. The Hall–Kier alpha value is -3.59. The van der Waals surface area contributed by atoms with Crippen LogP contribution in [0.1, 0.15) is 12.5 Å². The maximum atomic E-state index is 12.8. The van der Waals surface area contributed by atoms with Crippen LogP contribution in [0.25, 0.3) is 22.3 Å². The van der Waals surface area contributed by atoms with Gasteiger partial charge in [0, 0.05) is 11.1 Å². The number of phenols is 5. The van der Waals surface area contributed by atoms with Crippen molar-refractivity contribution in [2.24, 2.45) is 0 Å². The molecule has 0 aliphatic rings. The maximum absolute atomic E-state index is 12.8. The molecule has 3 aromatic rings. The van der Waals surface area contributed by atoms with Crippen LogP contribution in [0.2, 0.25) is 0 Å². The monoisotopic (exact) mass is 362 g/mol. The topological polar surface area (TPSA) is 161 Å². The van der Waals surface area contributed by atoms with Gasteiger partial charge in [0.2, 0.25) is 28.4 Å². The Bertz CT molecular complexity index is 1080. The first-order valence-electron chi connectivity index (χ1n) is 7.42.